The molecule has 0 spiro atoms. The van der Waals surface area contributed by atoms with Gasteiger partial charge in [0.25, 0.3) is 11.8 Å². The summed E-state index contributed by atoms with van der Waals surface area (Å²) in [5.41, 5.74) is 2.11. The number of nitrogens with zero attached hydrogens (tertiary/aromatic N) is 3. The second kappa shape index (κ2) is 8.31. The predicted octanol–water partition coefficient (Wildman–Crippen LogP) is 2.32. The van der Waals surface area contributed by atoms with Crippen molar-refractivity contribution in [1.29, 1.82) is 0 Å². The molecule has 2 aromatic carbocycles. The van der Waals surface area contributed by atoms with E-state index >= 15 is 0 Å². The minimum Gasteiger partial charge on any atom is -0.364 e. The number of rotatable bonds is 4. The largest absolute Gasteiger partial charge is 0.364 e. The highest BCUT2D eigenvalue weighted by molar-refractivity contribution is 6.45. The topological polar surface area (TPSA) is 73.0 Å². The van der Waals surface area contributed by atoms with Crippen molar-refractivity contribution < 1.29 is 18.8 Å². The smallest absolute Gasteiger partial charge is 0.282 e. The van der Waals surface area contributed by atoms with Crippen LogP contribution in [-0.4, -0.2) is 60.7 Å². The fourth-order valence-electron chi connectivity index (χ4n) is 3.85. The summed E-state index contributed by atoms with van der Waals surface area (Å²) in [5.74, 6) is -1.47. The molecule has 160 valence electrons. The minimum atomic E-state index is -0.446. The Kier molecular flexibility index (Phi) is 5.56. The molecule has 0 saturated carbocycles. The van der Waals surface area contributed by atoms with Crippen LogP contribution in [0.2, 0.25) is 0 Å². The van der Waals surface area contributed by atoms with E-state index in [9.17, 15) is 18.8 Å². The first-order valence-corrected chi connectivity index (χ1v) is 10.1. The third-order valence-corrected chi connectivity index (χ3v) is 5.46. The van der Waals surface area contributed by atoms with Crippen LogP contribution in [-0.2, 0) is 14.4 Å². The fourth-order valence-corrected chi connectivity index (χ4v) is 3.85. The van der Waals surface area contributed by atoms with Gasteiger partial charge in [-0.2, -0.15) is 0 Å². The summed E-state index contributed by atoms with van der Waals surface area (Å²) in [6.07, 6.45) is 0. The van der Waals surface area contributed by atoms with E-state index in [4.69, 9.17) is 0 Å². The Morgan fingerprint density at radius 3 is 2.10 bits per heavy atom. The number of carbonyl (C=O) groups excluding carboxylic acids is 3. The van der Waals surface area contributed by atoms with Crippen molar-refractivity contribution in [2.24, 2.45) is 0 Å². The van der Waals surface area contributed by atoms with E-state index < -0.39 is 17.6 Å². The molecular formula is C23H23FN4O3. The number of benzene rings is 2. The molecule has 4 rings (SSSR count). The van der Waals surface area contributed by atoms with Crippen molar-refractivity contribution in [3.63, 3.8) is 0 Å². The molecule has 8 heteroatoms. The lowest BCUT2D eigenvalue weighted by Crippen LogP contribution is -2.46. The molecule has 31 heavy (non-hydrogen) atoms. The Labute approximate surface area is 179 Å². The van der Waals surface area contributed by atoms with Crippen molar-refractivity contribution in [1.82, 2.24) is 9.80 Å². The number of hydrogen-bond donors (Lipinski definition) is 1. The monoisotopic (exact) mass is 422 g/mol. The average molecular weight is 422 g/mol. The first-order valence-electron chi connectivity index (χ1n) is 10.1. The Balaban J connectivity index is 1.73. The van der Waals surface area contributed by atoms with Crippen molar-refractivity contribution in [3.8, 4) is 0 Å². The van der Waals surface area contributed by atoms with E-state index in [1.807, 2.05) is 11.9 Å². The summed E-state index contributed by atoms with van der Waals surface area (Å²) in [6, 6.07) is 12.1. The van der Waals surface area contributed by atoms with Crippen LogP contribution >= 0.6 is 0 Å². The van der Waals surface area contributed by atoms with Crippen molar-refractivity contribution >= 4 is 34.7 Å². The molecule has 1 saturated heterocycles. The van der Waals surface area contributed by atoms with Gasteiger partial charge in [-0.05, 0) is 49.0 Å². The maximum Gasteiger partial charge on any atom is 0.282 e. The van der Waals surface area contributed by atoms with Gasteiger partial charge in [0.05, 0.1) is 11.3 Å². The molecule has 1 N–H and O–H groups in total. The Morgan fingerprint density at radius 2 is 1.52 bits per heavy atom. The molecule has 0 radical (unpaired) electrons. The molecule has 7 nitrogen and oxygen atoms in total. The highest BCUT2D eigenvalue weighted by atomic mass is 19.1. The fraction of sp³-hybridized carbons (Fsp3) is 0.261. The third kappa shape index (κ3) is 4.06. The van der Waals surface area contributed by atoms with Crippen LogP contribution in [0.4, 0.5) is 15.8 Å². The van der Waals surface area contributed by atoms with Crippen LogP contribution in [0.1, 0.15) is 12.5 Å². The van der Waals surface area contributed by atoms with E-state index in [1.54, 1.807) is 24.3 Å². The molecule has 2 aliphatic rings. The summed E-state index contributed by atoms with van der Waals surface area (Å²) in [6.45, 7) is 4.18. The van der Waals surface area contributed by atoms with Gasteiger partial charge in [0.2, 0.25) is 5.91 Å². The summed E-state index contributed by atoms with van der Waals surface area (Å²) < 4.78 is 13.5. The number of imide groups is 1. The van der Waals surface area contributed by atoms with Crippen LogP contribution in [0.25, 0.3) is 5.57 Å². The molecule has 0 aliphatic carbocycles. The lowest BCUT2D eigenvalue weighted by molar-refractivity contribution is -0.121. The summed E-state index contributed by atoms with van der Waals surface area (Å²) in [5, 5.41) is 2.66. The van der Waals surface area contributed by atoms with Crippen LogP contribution in [0.5, 0.6) is 0 Å². The number of hydrogen-bond acceptors (Lipinski definition) is 5. The first-order chi connectivity index (χ1) is 14.8. The Hall–Kier alpha value is -3.52. The highest BCUT2D eigenvalue weighted by Gasteiger charge is 2.42. The van der Waals surface area contributed by atoms with Gasteiger partial charge in [0.1, 0.15) is 11.5 Å². The number of anilines is 2. The number of nitrogens with one attached hydrogen (secondary N) is 1. The van der Waals surface area contributed by atoms with Gasteiger partial charge in [-0.3, -0.25) is 14.4 Å². The van der Waals surface area contributed by atoms with Crippen LogP contribution in [0.15, 0.2) is 54.2 Å². The molecular weight excluding hydrogens is 399 g/mol. The summed E-state index contributed by atoms with van der Waals surface area (Å²) >= 11 is 0. The van der Waals surface area contributed by atoms with Gasteiger partial charge in [-0.1, -0.05) is 12.1 Å². The second-order valence-electron chi connectivity index (χ2n) is 7.69. The van der Waals surface area contributed by atoms with E-state index in [0.29, 0.717) is 35.7 Å². The molecule has 0 unspecified atom stereocenters. The average Bonchev–Trinajstić information content (AvgIpc) is 3.00. The number of amides is 3. The van der Waals surface area contributed by atoms with E-state index in [-0.39, 0.29) is 11.5 Å². The number of likely N-dealkylation sites (N-methyl/N-ethyl adjacent to an activating group) is 1. The van der Waals surface area contributed by atoms with Gasteiger partial charge >= 0.3 is 0 Å². The van der Waals surface area contributed by atoms with Gasteiger partial charge in [0, 0.05) is 38.8 Å². The molecule has 2 heterocycles. The predicted molar refractivity (Wildman–Crippen MR) is 116 cm³/mol. The maximum absolute atomic E-state index is 13.5. The standard InChI is InChI=1S/C23H23FN4O3/c1-15(29)25-18-7-9-19(10-8-18)28-22(30)20(16-3-5-17(24)6-4-16)21(23(28)31)27-13-11-26(2)12-14-27/h3-10H,11-14H2,1-2H3,(H,25,29). The molecule has 3 amide bonds. The maximum atomic E-state index is 13.5. The third-order valence-electron chi connectivity index (χ3n) is 5.46. The van der Waals surface area contributed by atoms with Gasteiger partial charge in [-0.25, -0.2) is 9.29 Å². The molecule has 1 fully saturated rings. The highest BCUT2D eigenvalue weighted by Crippen LogP contribution is 2.35. The zero-order chi connectivity index (χ0) is 22.1. The van der Waals surface area contributed by atoms with Gasteiger partial charge in [-0.15, -0.1) is 0 Å². The zero-order valence-electron chi connectivity index (χ0n) is 17.4. The molecule has 2 aliphatic heterocycles. The molecule has 2 aromatic rings. The quantitative estimate of drug-likeness (QED) is 0.766. The van der Waals surface area contributed by atoms with E-state index in [1.165, 1.54) is 31.2 Å². The van der Waals surface area contributed by atoms with Crippen LogP contribution < -0.4 is 10.2 Å². The zero-order valence-corrected chi connectivity index (χ0v) is 17.4. The van der Waals surface area contributed by atoms with E-state index in [0.717, 1.165) is 18.0 Å². The van der Waals surface area contributed by atoms with E-state index in [2.05, 4.69) is 10.2 Å². The molecule has 0 bridgehead atoms. The molecule has 0 aromatic heterocycles. The first kappa shape index (κ1) is 20.7. The lowest BCUT2D eigenvalue weighted by Gasteiger charge is -2.34. The summed E-state index contributed by atoms with van der Waals surface area (Å²) in [7, 11) is 2.01. The summed E-state index contributed by atoms with van der Waals surface area (Å²) in [4.78, 5) is 43.4. The SMILES string of the molecule is CC(=O)Nc1ccc(N2C(=O)C(c3ccc(F)cc3)=C(N3CCN(C)CC3)C2=O)cc1. The number of piperazine rings is 1. The van der Waals surface area contributed by atoms with Gasteiger partial charge < -0.3 is 15.1 Å². The molecule has 0 atom stereocenters. The number of halogens is 1. The van der Waals surface area contributed by atoms with Crippen molar-refractivity contribution in [3.05, 3.63) is 65.6 Å². The second-order valence-corrected chi connectivity index (χ2v) is 7.69. The van der Waals surface area contributed by atoms with Crippen molar-refractivity contribution in [2.75, 3.05) is 43.4 Å². The number of carbonyl (C=O) groups is 3. The Bertz CT molecular complexity index is 1060. The Morgan fingerprint density at radius 1 is 0.903 bits per heavy atom. The normalized spacial score (nSPS) is 17.5. The van der Waals surface area contributed by atoms with Crippen LogP contribution in [0.3, 0.4) is 0 Å². The van der Waals surface area contributed by atoms with Crippen LogP contribution in [0, 0.1) is 5.82 Å². The minimum absolute atomic E-state index is 0.210. The van der Waals surface area contributed by atoms with Gasteiger partial charge in [0.15, 0.2) is 0 Å². The lowest BCUT2D eigenvalue weighted by atomic mass is 10.0. The van der Waals surface area contributed by atoms with Crippen molar-refractivity contribution in [2.45, 2.75) is 6.92 Å².